The van der Waals surface area contributed by atoms with E-state index >= 15 is 0 Å². The first-order valence-electron chi connectivity index (χ1n) is 10.9. The number of alkyl halides is 6. The maximum Gasteiger partial charge on any atom is 0.416 e. The van der Waals surface area contributed by atoms with Gasteiger partial charge in [0, 0.05) is 13.1 Å². The molecule has 3 rings (SSSR count). The molecular formula is C24H25F6NO4. The average Bonchev–Trinajstić information content (AvgIpc) is 2.77. The Hall–Kier alpha value is -2.79. The number of rotatable bonds is 7. The fraction of sp³-hybridized carbons (Fsp3) is 0.458. The lowest BCUT2D eigenvalue weighted by molar-refractivity contribution is -0.145. The summed E-state index contributed by atoms with van der Waals surface area (Å²) in [4.78, 5) is 12.7. The Kier molecular flexibility index (Phi) is 8.00. The van der Waals surface area contributed by atoms with E-state index in [4.69, 9.17) is 9.84 Å². The molecule has 0 bridgehead atoms. The van der Waals surface area contributed by atoms with Crippen molar-refractivity contribution in [1.29, 1.82) is 0 Å². The van der Waals surface area contributed by atoms with Gasteiger partial charge in [0.2, 0.25) is 0 Å². The number of hydrogen-bond donors (Lipinski definition) is 2. The Morgan fingerprint density at radius 3 is 2.46 bits per heavy atom. The van der Waals surface area contributed by atoms with E-state index in [-0.39, 0.29) is 13.1 Å². The highest BCUT2D eigenvalue weighted by Gasteiger charge is 2.37. The molecule has 192 valence electrons. The van der Waals surface area contributed by atoms with Gasteiger partial charge in [-0.2, -0.15) is 26.3 Å². The molecule has 3 atom stereocenters. The molecule has 1 aliphatic rings. The molecule has 0 spiro atoms. The predicted molar refractivity (Wildman–Crippen MR) is 114 cm³/mol. The van der Waals surface area contributed by atoms with E-state index < -0.39 is 53.1 Å². The van der Waals surface area contributed by atoms with Crippen LogP contribution in [0.1, 0.15) is 48.1 Å². The quantitative estimate of drug-likeness (QED) is 0.485. The lowest BCUT2D eigenvalue weighted by atomic mass is 9.97. The molecule has 2 N–H and O–H groups in total. The van der Waals surface area contributed by atoms with E-state index in [0.29, 0.717) is 48.9 Å². The number of carboxylic acid groups (broad SMARTS) is 1. The van der Waals surface area contributed by atoms with Crippen molar-refractivity contribution in [2.45, 2.75) is 50.9 Å². The highest BCUT2D eigenvalue weighted by molar-refractivity contribution is 5.70. The van der Waals surface area contributed by atoms with Crippen LogP contribution in [0.15, 0.2) is 42.5 Å². The maximum absolute atomic E-state index is 13.4. The molecular weight excluding hydrogens is 480 g/mol. The zero-order valence-corrected chi connectivity index (χ0v) is 18.7. The smallest absolute Gasteiger partial charge is 0.416 e. The van der Waals surface area contributed by atoms with Gasteiger partial charge in [0.05, 0.1) is 23.1 Å². The standard InChI is InChI=1S/C24H25F6NO4/c1-14(22(33)34)21(32)15-4-2-5-18(11-15)35-19-6-3-9-31(13-19)12-16-10-17(23(25,26)27)7-8-20(16)24(28,29)30/h2,4-5,7-8,10-11,14,19,21,32H,3,6,9,12-13H2,1H3,(H,33,34)/t14-,19+,21+/m0/s1. The third-order valence-corrected chi connectivity index (χ3v) is 5.96. The molecule has 1 fully saturated rings. The van der Waals surface area contributed by atoms with E-state index in [9.17, 15) is 36.2 Å². The minimum absolute atomic E-state index is 0.186. The van der Waals surface area contributed by atoms with Crippen LogP contribution < -0.4 is 4.74 Å². The summed E-state index contributed by atoms with van der Waals surface area (Å²) in [5.41, 5.74) is -2.37. The second kappa shape index (κ2) is 10.4. The second-order valence-corrected chi connectivity index (χ2v) is 8.63. The summed E-state index contributed by atoms with van der Waals surface area (Å²) in [5, 5.41) is 19.3. The fourth-order valence-electron chi connectivity index (χ4n) is 4.06. The lowest BCUT2D eigenvalue weighted by Crippen LogP contribution is -2.41. The number of nitrogens with zero attached hydrogens (tertiary/aromatic N) is 1. The zero-order valence-electron chi connectivity index (χ0n) is 18.7. The van der Waals surface area contributed by atoms with Crippen LogP contribution in [0.4, 0.5) is 26.3 Å². The molecule has 0 amide bonds. The van der Waals surface area contributed by atoms with Gasteiger partial charge in [-0.05, 0) is 67.8 Å². The molecule has 0 aliphatic carbocycles. The summed E-state index contributed by atoms with van der Waals surface area (Å²) in [7, 11) is 0. The first-order chi connectivity index (χ1) is 16.3. The van der Waals surface area contributed by atoms with Gasteiger partial charge >= 0.3 is 18.3 Å². The Bertz CT molecular complexity index is 1040. The second-order valence-electron chi connectivity index (χ2n) is 8.63. The fourth-order valence-corrected chi connectivity index (χ4v) is 4.06. The lowest BCUT2D eigenvalue weighted by Gasteiger charge is -2.33. The van der Waals surface area contributed by atoms with Gasteiger partial charge in [-0.15, -0.1) is 0 Å². The number of carbonyl (C=O) groups is 1. The van der Waals surface area contributed by atoms with Crippen molar-refractivity contribution >= 4 is 5.97 Å². The Morgan fingerprint density at radius 2 is 1.83 bits per heavy atom. The molecule has 0 aromatic heterocycles. The summed E-state index contributed by atoms with van der Waals surface area (Å²) in [6.07, 6.45) is -10.1. The first-order valence-corrected chi connectivity index (χ1v) is 10.9. The number of halogens is 6. The first kappa shape index (κ1) is 26.8. The van der Waals surface area contributed by atoms with E-state index in [1.54, 1.807) is 23.1 Å². The van der Waals surface area contributed by atoms with Crippen LogP contribution in [-0.4, -0.2) is 40.3 Å². The van der Waals surface area contributed by atoms with Crippen molar-refractivity contribution < 1.29 is 46.1 Å². The topological polar surface area (TPSA) is 70.0 Å². The minimum atomic E-state index is -4.79. The third-order valence-electron chi connectivity index (χ3n) is 5.96. The largest absolute Gasteiger partial charge is 0.489 e. The Balaban J connectivity index is 1.74. The van der Waals surface area contributed by atoms with Gasteiger partial charge in [-0.3, -0.25) is 9.69 Å². The predicted octanol–water partition coefficient (Wildman–Crippen LogP) is 5.52. The van der Waals surface area contributed by atoms with Gasteiger partial charge in [-0.25, -0.2) is 0 Å². The molecule has 1 saturated heterocycles. The summed E-state index contributed by atoms with van der Waals surface area (Å²) >= 11 is 0. The molecule has 35 heavy (non-hydrogen) atoms. The zero-order chi connectivity index (χ0) is 26.0. The summed E-state index contributed by atoms with van der Waals surface area (Å²) in [6.45, 7) is 1.62. The van der Waals surface area contributed by atoms with Crippen molar-refractivity contribution in [3.63, 3.8) is 0 Å². The van der Waals surface area contributed by atoms with Crippen LogP contribution in [0.5, 0.6) is 5.75 Å². The molecule has 2 aromatic rings. The van der Waals surface area contributed by atoms with Crippen LogP contribution in [-0.2, 0) is 23.7 Å². The molecule has 5 nitrogen and oxygen atoms in total. The van der Waals surface area contributed by atoms with E-state index in [2.05, 4.69) is 0 Å². The monoisotopic (exact) mass is 505 g/mol. The van der Waals surface area contributed by atoms with E-state index in [0.717, 1.165) is 0 Å². The van der Waals surface area contributed by atoms with Crippen molar-refractivity contribution in [2.75, 3.05) is 13.1 Å². The van der Waals surface area contributed by atoms with Crippen molar-refractivity contribution in [3.05, 3.63) is 64.7 Å². The van der Waals surface area contributed by atoms with Crippen LogP contribution in [0.2, 0.25) is 0 Å². The molecule has 2 aromatic carbocycles. The number of aliphatic hydroxyl groups excluding tert-OH is 1. The normalized spacial score (nSPS) is 19.3. The SMILES string of the molecule is C[C@H](C(=O)O)[C@@H](O)c1cccc(O[C@@H]2CCCN(Cc3cc(C(F)(F)F)ccc3C(F)(F)F)C2)c1. The summed E-state index contributed by atoms with van der Waals surface area (Å²) < 4.78 is 85.5. The van der Waals surface area contributed by atoms with Crippen molar-refractivity contribution in [1.82, 2.24) is 4.90 Å². The molecule has 0 radical (unpaired) electrons. The summed E-state index contributed by atoms with van der Waals surface area (Å²) in [6, 6.07) is 7.68. The highest BCUT2D eigenvalue weighted by atomic mass is 19.4. The maximum atomic E-state index is 13.4. The van der Waals surface area contributed by atoms with Gasteiger partial charge in [0.1, 0.15) is 11.9 Å². The minimum Gasteiger partial charge on any atom is -0.489 e. The number of ether oxygens (including phenoxy) is 1. The number of likely N-dealkylation sites (tertiary alicyclic amines) is 1. The Morgan fingerprint density at radius 1 is 1.11 bits per heavy atom. The van der Waals surface area contributed by atoms with E-state index in [1.807, 2.05) is 0 Å². The highest BCUT2D eigenvalue weighted by Crippen LogP contribution is 2.37. The van der Waals surface area contributed by atoms with Gasteiger partial charge in [0.15, 0.2) is 0 Å². The van der Waals surface area contributed by atoms with Crippen LogP contribution >= 0.6 is 0 Å². The molecule has 0 saturated carbocycles. The number of piperidine rings is 1. The number of benzene rings is 2. The van der Waals surface area contributed by atoms with Crippen LogP contribution in [0.3, 0.4) is 0 Å². The van der Waals surface area contributed by atoms with Crippen LogP contribution in [0, 0.1) is 5.92 Å². The number of aliphatic carboxylic acids is 1. The molecule has 0 unspecified atom stereocenters. The van der Waals surface area contributed by atoms with Crippen molar-refractivity contribution in [3.8, 4) is 5.75 Å². The van der Waals surface area contributed by atoms with Gasteiger partial charge in [-0.1, -0.05) is 12.1 Å². The summed E-state index contributed by atoms with van der Waals surface area (Å²) in [5.74, 6) is -1.87. The van der Waals surface area contributed by atoms with Crippen LogP contribution in [0.25, 0.3) is 0 Å². The third kappa shape index (κ3) is 6.88. The molecule has 11 heteroatoms. The molecule has 1 aliphatic heterocycles. The van der Waals surface area contributed by atoms with Crippen molar-refractivity contribution in [2.24, 2.45) is 5.92 Å². The molecule has 1 heterocycles. The van der Waals surface area contributed by atoms with E-state index in [1.165, 1.54) is 13.0 Å². The Labute approximate surface area is 197 Å². The number of carboxylic acids is 1. The number of aliphatic hydroxyl groups is 1. The average molecular weight is 505 g/mol. The van der Waals surface area contributed by atoms with Gasteiger partial charge in [0.25, 0.3) is 0 Å². The van der Waals surface area contributed by atoms with Gasteiger partial charge < -0.3 is 14.9 Å². The number of hydrogen-bond acceptors (Lipinski definition) is 4.